The SMILES string of the molecule is FC(F)(F)c1cc(-c2ccccc2C(F)(F)F)c(-c2ccc(-c3ccccc3C(F)(F)F)cc2)c(-c2ccccc2C(F)(F)F)c1. The number of hydrogen-bond donors (Lipinski definition) is 0. The van der Waals surface area contributed by atoms with Crippen molar-refractivity contribution in [2.45, 2.75) is 24.7 Å². The Morgan fingerprint density at radius 2 is 0.630 bits per heavy atom. The van der Waals surface area contributed by atoms with E-state index in [-0.39, 0.29) is 16.7 Å². The highest BCUT2D eigenvalue weighted by Crippen LogP contribution is 2.50. The predicted molar refractivity (Wildman–Crippen MR) is 148 cm³/mol. The summed E-state index contributed by atoms with van der Waals surface area (Å²) in [6, 6.07) is 17.3. The van der Waals surface area contributed by atoms with Crippen LogP contribution in [0.4, 0.5) is 52.7 Å². The highest BCUT2D eigenvalue weighted by atomic mass is 19.4. The Hall–Kier alpha value is -4.74. The summed E-state index contributed by atoms with van der Waals surface area (Å²) in [5, 5.41) is 0. The minimum Gasteiger partial charge on any atom is -0.166 e. The third-order valence-electron chi connectivity index (χ3n) is 7.23. The first-order valence-corrected chi connectivity index (χ1v) is 13.2. The average molecular weight is 654 g/mol. The molecule has 0 aromatic heterocycles. The van der Waals surface area contributed by atoms with Crippen LogP contribution in [0.15, 0.2) is 109 Å². The molecule has 0 atom stereocenters. The number of alkyl halides is 12. The van der Waals surface area contributed by atoms with E-state index in [9.17, 15) is 52.7 Å². The molecular formula is C34H18F12. The van der Waals surface area contributed by atoms with Crippen molar-refractivity contribution in [3.63, 3.8) is 0 Å². The van der Waals surface area contributed by atoms with Crippen LogP contribution >= 0.6 is 0 Å². The van der Waals surface area contributed by atoms with Crippen molar-refractivity contribution in [2.75, 3.05) is 0 Å². The van der Waals surface area contributed by atoms with Gasteiger partial charge in [0, 0.05) is 0 Å². The molecule has 12 heteroatoms. The van der Waals surface area contributed by atoms with Gasteiger partial charge in [-0.2, -0.15) is 52.7 Å². The van der Waals surface area contributed by atoms with Crippen LogP contribution in [0, 0.1) is 0 Å². The van der Waals surface area contributed by atoms with Gasteiger partial charge in [-0.25, -0.2) is 0 Å². The summed E-state index contributed by atoms with van der Waals surface area (Å²) >= 11 is 0. The lowest BCUT2D eigenvalue weighted by molar-refractivity contribution is -0.138. The summed E-state index contributed by atoms with van der Waals surface area (Å²) in [6.45, 7) is 0. The molecule has 5 rings (SSSR count). The second-order valence-corrected chi connectivity index (χ2v) is 10.2. The molecule has 5 aromatic carbocycles. The van der Waals surface area contributed by atoms with E-state index in [0.29, 0.717) is 24.3 Å². The maximum Gasteiger partial charge on any atom is 0.417 e. The van der Waals surface area contributed by atoms with Crippen molar-refractivity contribution in [3.05, 3.63) is 131 Å². The van der Waals surface area contributed by atoms with Gasteiger partial charge in [0.1, 0.15) is 0 Å². The van der Waals surface area contributed by atoms with Crippen LogP contribution in [-0.2, 0) is 24.7 Å². The summed E-state index contributed by atoms with van der Waals surface area (Å²) in [6.07, 6.45) is -20.1. The van der Waals surface area contributed by atoms with Crippen molar-refractivity contribution in [1.82, 2.24) is 0 Å². The van der Waals surface area contributed by atoms with Gasteiger partial charge < -0.3 is 0 Å². The van der Waals surface area contributed by atoms with E-state index in [1.165, 1.54) is 12.1 Å². The summed E-state index contributed by atoms with van der Waals surface area (Å²) < 4.78 is 169. The van der Waals surface area contributed by atoms with Gasteiger partial charge in [0.15, 0.2) is 0 Å². The Morgan fingerprint density at radius 1 is 0.304 bits per heavy atom. The zero-order valence-electron chi connectivity index (χ0n) is 22.9. The van der Waals surface area contributed by atoms with Gasteiger partial charge in [-0.3, -0.25) is 0 Å². The molecule has 46 heavy (non-hydrogen) atoms. The molecule has 238 valence electrons. The third-order valence-corrected chi connectivity index (χ3v) is 7.23. The van der Waals surface area contributed by atoms with Crippen molar-refractivity contribution in [2.24, 2.45) is 0 Å². The number of halogens is 12. The molecule has 0 heterocycles. The Kier molecular flexibility index (Phi) is 8.21. The van der Waals surface area contributed by atoms with Crippen LogP contribution in [0.25, 0.3) is 44.5 Å². The third kappa shape index (κ3) is 6.47. The minimum absolute atomic E-state index is 0.00179. The molecule has 0 spiro atoms. The van der Waals surface area contributed by atoms with Crippen LogP contribution in [0.3, 0.4) is 0 Å². The number of benzene rings is 5. The summed E-state index contributed by atoms with van der Waals surface area (Å²) in [7, 11) is 0. The van der Waals surface area contributed by atoms with E-state index < -0.39 is 74.8 Å². The molecule has 0 bridgehead atoms. The Bertz CT molecular complexity index is 1790. The molecule has 0 fully saturated rings. The lowest BCUT2D eigenvalue weighted by atomic mass is 9.83. The topological polar surface area (TPSA) is 0 Å². The van der Waals surface area contributed by atoms with Crippen LogP contribution in [0.5, 0.6) is 0 Å². The molecule has 0 aliphatic rings. The van der Waals surface area contributed by atoms with Crippen molar-refractivity contribution >= 4 is 0 Å². The summed E-state index contributed by atoms with van der Waals surface area (Å²) in [4.78, 5) is 0. The largest absolute Gasteiger partial charge is 0.417 e. The van der Waals surface area contributed by atoms with Crippen LogP contribution < -0.4 is 0 Å². The molecule has 0 saturated carbocycles. The van der Waals surface area contributed by atoms with Crippen molar-refractivity contribution in [3.8, 4) is 44.5 Å². The molecule has 0 aliphatic carbocycles. The fourth-order valence-electron chi connectivity index (χ4n) is 5.27. The minimum atomic E-state index is -5.19. The quantitative estimate of drug-likeness (QED) is 0.169. The first-order valence-electron chi connectivity index (χ1n) is 13.2. The smallest absolute Gasteiger partial charge is 0.166 e. The standard InChI is InChI=1S/C34H18F12/c35-31(36,37)21-17-25(23-8-2-5-11-28(23)33(41,42)43)30(26(18-21)24-9-3-6-12-29(24)34(44,45)46)20-15-13-19(14-16-20)22-7-1-4-10-27(22)32(38,39)40/h1-18H. The molecular weight excluding hydrogens is 636 g/mol. The molecule has 0 saturated heterocycles. The first kappa shape index (κ1) is 32.6. The van der Waals surface area contributed by atoms with Gasteiger partial charge in [-0.05, 0) is 74.8 Å². The maximum absolute atomic E-state index is 14.2. The predicted octanol–water partition coefficient (Wildman–Crippen LogP) is 12.4. The molecule has 0 amide bonds. The van der Waals surface area contributed by atoms with Crippen LogP contribution in [0.2, 0.25) is 0 Å². The van der Waals surface area contributed by atoms with E-state index in [4.69, 9.17) is 0 Å². The van der Waals surface area contributed by atoms with E-state index in [0.717, 1.165) is 72.8 Å². The van der Waals surface area contributed by atoms with Crippen molar-refractivity contribution in [1.29, 1.82) is 0 Å². The fraction of sp³-hybridized carbons (Fsp3) is 0.118. The summed E-state index contributed by atoms with van der Waals surface area (Å²) in [5.74, 6) is 0. The van der Waals surface area contributed by atoms with Crippen molar-refractivity contribution < 1.29 is 52.7 Å². The zero-order chi connectivity index (χ0) is 33.7. The van der Waals surface area contributed by atoms with Gasteiger partial charge in [-0.1, -0.05) is 78.9 Å². The van der Waals surface area contributed by atoms with Crippen LogP contribution in [0.1, 0.15) is 22.3 Å². The molecule has 5 aromatic rings. The Balaban J connectivity index is 1.89. The normalized spacial score (nSPS) is 12.8. The van der Waals surface area contributed by atoms with Crippen LogP contribution in [-0.4, -0.2) is 0 Å². The zero-order valence-corrected chi connectivity index (χ0v) is 22.9. The summed E-state index contributed by atoms with van der Waals surface area (Å²) in [5.41, 5.74) is -8.88. The van der Waals surface area contributed by atoms with Gasteiger partial charge in [-0.15, -0.1) is 0 Å². The Labute approximate surface area is 253 Å². The van der Waals surface area contributed by atoms with Gasteiger partial charge in [0.25, 0.3) is 0 Å². The van der Waals surface area contributed by atoms with E-state index >= 15 is 0 Å². The van der Waals surface area contributed by atoms with Gasteiger partial charge in [0.2, 0.25) is 0 Å². The second kappa shape index (κ2) is 11.6. The number of rotatable bonds is 4. The monoisotopic (exact) mass is 654 g/mol. The molecule has 0 aliphatic heterocycles. The van der Waals surface area contributed by atoms with E-state index in [2.05, 4.69) is 0 Å². The second-order valence-electron chi connectivity index (χ2n) is 10.2. The van der Waals surface area contributed by atoms with Gasteiger partial charge >= 0.3 is 24.7 Å². The maximum atomic E-state index is 14.2. The van der Waals surface area contributed by atoms with E-state index in [1.807, 2.05) is 0 Å². The highest BCUT2D eigenvalue weighted by molar-refractivity contribution is 5.97. The molecule has 0 nitrogen and oxygen atoms in total. The molecule has 0 unspecified atom stereocenters. The fourth-order valence-corrected chi connectivity index (χ4v) is 5.27. The highest BCUT2D eigenvalue weighted by Gasteiger charge is 2.39. The lowest BCUT2D eigenvalue weighted by Gasteiger charge is -2.23. The molecule has 0 N–H and O–H groups in total. The molecule has 0 radical (unpaired) electrons. The van der Waals surface area contributed by atoms with E-state index in [1.54, 1.807) is 0 Å². The first-order chi connectivity index (χ1) is 21.4. The van der Waals surface area contributed by atoms with Gasteiger partial charge in [0.05, 0.1) is 22.3 Å². The number of hydrogen-bond acceptors (Lipinski definition) is 0. The average Bonchev–Trinajstić information content (AvgIpc) is 2.99. The lowest BCUT2D eigenvalue weighted by Crippen LogP contribution is -2.11. The Morgan fingerprint density at radius 3 is 1.00 bits per heavy atom.